The highest BCUT2D eigenvalue weighted by molar-refractivity contribution is 7.89. The summed E-state index contributed by atoms with van der Waals surface area (Å²) in [7, 11) is -3.47. The summed E-state index contributed by atoms with van der Waals surface area (Å²) in [6.07, 6.45) is 4.39. The number of sulfonamides is 1. The SMILES string of the molecule is CC(C)(CNS(=O)(=O)c1ccc2c(c1)CCCC2)N1CCOCC1. The van der Waals surface area contributed by atoms with Gasteiger partial charge >= 0.3 is 0 Å². The summed E-state index contributed by atoms with van der Waals surface area (Å²) in [5.41, 5.74) is 2.26. The Labute approximate surface area is 145 Å². The topological polar surface area (TPSA) is 58.6 Å². The van der Waals surface area contributed by atoms with Gasteiger partial charge in [-0.25, -0.2) is 13.1 Å². The van der Waals surface area contributed by atoms with Crippen molar-refractivity contribution in [2.24, 2.45) is 0 Å². The van der Waals surface area contributed by atoms with Crippen LogP contribution >= 0.6 is 0 Å². The van der Waals surface area contributed by atoms with Crippen molar-refractivity contribution in [2.75, 3.05) is 32.8 Å². The zero-order chi connectivity index (χ0) is 17.2. The first-order valence-corrected chi connectivity index (χ1v) is 10.3. The Hall–Kier alpha value is -0.950. The summed E-state index contributed by atoms with van der Waals surface area (Å²) in [5, 5.41) is 0. The number of nitrogens with zero attached hydrogens (tertiary/aromatic N) is 1. The third kappa shape index (κ3) is 3.99. The van der Waals surface area contributed by atoms with Crippen LogP contribution in [0.15, 0.2) is 23.1 Å². The number of nitrogens with one attached hydrogen (secondary N) is 1. The lowest BCUT2D eigenvalue weighted by Crippen LogP contribution is -2.55. The number of hydrogen-bond donors (Lipinski definition) is 1. The van der Waals surface area contributed by atoms with E-state index in [4.69, 9.17) is 4.74 Å². The molecule has 1 aromatic rings. The van der Waals surface area contributed by atoms with Gasteiger partial charge in [0.1, 0.15) is 0 Å². The summed E-state index contributed by atoms with van der Waals surface area (Å²) in [5.74, 6) is 0. The average molecular weight is 353 g/mol. The van der Waals surface area contributed by atoms with Crippen LogP contribution in [0.2, 0.25) is 0 Å². The van der Waals surface area contributed by atoms with E-state index in [-0.39, 0.29) is 5.54 Å². The lowest BCUT2D eigenvalue weighted by Gasteiger charge is -2.40. The van der Waals surface area contributed by atoms with Gasteiger partial charge in [0.15, 0.2) is 0 Å². The number of fused-ring (bicyclic) bond motifs is 1. The van der Waals surface area contributed by atoms with Crippen LogP contribution in [0.3, 0.4) is 0 Å². The zero-order valence-corrected chi connectivity index (χ0v) is 15.5. The Morgan fingerprint density at radius 1 is 1.12 bits per heavy atom. The molecule has 5 nitrogen and oxygen atoms in total. The van der Waals surface area contributed by atoms with Crippen molar-refractivity contribution in [3.8, 4) is 0 Å². The Balaban J connectivity index is 1.69. The van der Waals surface area contributed by atoms with Crippen molar-refractivity contribution in [3.05, 3.63) is 29.3 Å². The van der Waals surface area contributed by atoms with E-state index in [1.165, 1.54) is 17.5 Å². The quantitative estimate of drug-likeness (QED) is 0.880. The van der Waals surface area contributed by atoms with Crippen molar-refractivity contribution in [3.63, 3.8) is 0 Å². The molecule has 1 saturated heterocycles. The molecule has 0 saturated carbocycles. The normalized spacial score (nSPS) is 19.9. The third-order valence-electron chi connectivity index (χ3n) is 5.19. The molecular weight excluding hydrogens is 324 g/mol. The number of hydrogen-bond acceptors (Lipinski definition) is 4. The lowest BCUT2D eigenvalue weighted by molar-refractivity contribution is -0.00803. The fourth-order valence-electron chi connectivity index (χ4n) is 3.51. The first-order valence-electron chi connectivity index (χ1n) is 8.83. The van der Waals surface area contributed by atoms with Gasteiger partial charge in [0.05, 0.1) is 18.1 Å². The summed E-state index contributed by atoms with van der Waals surface area (Å²) >= 11 is 0. The minimum atomic E-state index is -3.47. The van der Waals surface area contributed by atoms with Crippen LogP contribution in [-0.4, -0.2) is 51.7 Å². The van der Waals surface area contributed by atoms with Gasteiger partial charge in [-0.15, -0.1) is 0 Å². The van der Waals surface area contributed by atoms with Gasteiger partial charge in [0.2, 0.25) is 10.0 Å². The third-order valence-corrected chi connectivity index (χ3v) is 6.59. The molecule has 24 heavy (non-hydrogen) atoms. The van der Waals surface area contributed by atoms with Gasteiger partial charge in [-0.05, 0) is 62.8 Å². The van der Waals surface area contributed by atoms with Crippen LogP contribution in [0.25, 0.3) is 0 Å². The minimum absolute atomic E-state index is 0.231. The van der Waals surface area contributed by atoms with E-state index in [0.717, 1.165) is 32.4 Å². The van der Waals surface area contributed by atoms with Crippen LogP contribution in [0.1, 0.15) is 37.8 Å². The number of morpholine rings is 1. The van der Waals surface area contributed by atoms with Crippen LogP contribution in [0.4, 0.5) is 0 Å². The Kier molecular flexibility index (Phi) is 5.30. The molecule has 6 heteroatoms. The highest BCUT2D eigenvalue weighted by atomic mass is 32.2. The van der Waals surface area contributed by atoms with E-state index in [9.17, 15) is 8.42 Å². The Bertz CT molecular complexity index is 680. The molecule has 0 atom stereocenters. The summed E-state index contributed by atoms with van der Waals surface area (Å²) in [4.78, 5) is 2.67. The van der Waals surface area contributed by atoms with Gasteiger partial charge in [0, 0.05) is 25.2 Å². The molecule has 1 heterocycles. The number of benzene rings is 1. The van der Waals surface area contributed by atoms with Gasteiger partial charge in [-0.3, -0.25) is 4.90 Å². The van der Waals surface area contributed by atoms with E-state index in [2.05, 4.69) is 23.5 Å². The van der Waals surface area contributed by atoms with E-state index in [0.29, 0.717) is 24.7 Å². The molecular formula is C18H28N2O3S. The van der Waals surface area contributed by atoms with Crippen LogP contribution in [0, 0.1) is 0 Å². The number of ether oxygens (including phenoxy) is 1. The van der Waals surface area contributed by atoms with E-state index in [1.807, 2.05) is 12.1 Å². The second-order valence-electron chi connectivity index (χ2n) is 7.37. The molecule has 2 aliphatic rings. The average Bonchev–Trinajstić information content (AvgIpc) is 2.60. The maximum Gasteiger partial charge on any atom is 0.240 e. The first-order chi connectivity index (χ1) is 11.4. The van der Waals surface area contributed by atoms with Crippen LogP contribution < -0.4 is 4.72 Å². The van der Waals surface area contributed by atoms with Crippen LogP contribution in [0.5, 0.6) is 0 Å². The first kappa shape index (κ1) is 17.9. The molecule has 1 aliphatic carbocycles. The van der Waals surface area contributed by atoms with Crippen molar-refractivity contribution >= 4 is 10.0 Å². The number of rotatable bonds is 5. The minimum Gasteiger partial charge on any atom is -0.379 e. The maximum absolute atomic E-state index is 12.7. The fourth-order valence-corrected chi connectivity index (χ4v) is 4.77. The molecule has 1 N–H and O–H groups in total. The predicted molar refractivity (Wildman–Crippen MR) is 94.7 cm³/mol. The molecule has 3 rings (SSSR count). The fraction of sp³-hybridized carbons (Fsp3) is 0.667. The second kappa shape index (κ2) is 7.12. The molecule has 1 aromatic carbocycles. The molecule has 0 unspecified atom stereocenters. The van der Waals surface area contributed by atoms with Crippen molar-refractivity contribution in [1.29, 1.82) is 0 Å². The largest absolute Gasteiger partial charge is 0.379 e. The Morgan fingerprint density at radius 3 is 2.50 bits per heavy atom. The lowest BCUT2D eigenvalue weighted by atomic mass is 9.92. The van der Waals surface area contributed by atoms with Gasteiger partial charge in [0.25, 0.3) is 0 Å². The van der Waals surface area contributed by atoms with E-state index in [1.54, 1.807) is 6.07 Å². The van der Waals surface area contributed by atoms with Gasteiger partial charge < -0.3 is 4.74 Å². The maximum atomic E-state index is 12.7. The summed E-state index contributed by atoms with van der Waals surface area (Å²) in [6, 6.07) is 5.59. The van der Waals surface area contributed by atoms with Gasteiger partial charge in [-0.1, -0.05) is 6.07 Å². The number of aryl methyl sites for hydroxylation is 2. The molecule has 0 radical (unpaired) electrons. The Morgan fingerprint density at radius 2 is 1.79 bits per heavy atom. The van der Waals surface area contributed by atoms with Crippen molar-refractivity contribution in [1.82, 2.24) is 9.62 Å². The monoisotopic (exact) mass is 352 g/mol. The molecule has 0 aromatic heterocycles. The van der Waals surface area contributed by atoms with Crippen LogP contribution in [-0.2, 0) is 27.6 Å². The molecule has 0 bridgehead atoms. The molecule has 134 valence electrons. The van der Waals surface area contributed by atoms with Crippen molar-refractivity contribution in [2.45, 2.75) is 50.0 Å². The van der Waals surface area contributed by atoms with Gasteiger partial charge in [-0.2, -0.15) is 0 Å². The zero-order valence-electron chi connectivity index (χ0n) is 14.7. The molecule has 0 spiro atoms. The van der Waals surface area contributed by atoms with E-state index >= 15 is 0 Å². The summed E-state index contributed by atoms with van der Waals surface area (Å²) in [6.45, 7) is 7.65. The second-order valence-corrected chi connectivity index (χ2v) is 9.14. The summed E-state index contributed by atoms with van der Waals surface area (Å²) < 4.78 is 33.6. The van der Waals surface area contributed by atoms with E-state index < -0.39 is 10.0 Å². The highest BCUT2D eigenvalue weighted by Gasteiger charge is 2.30. The molecule has 1 aliphatic heterocycles. The predicted octanol–water partition coefficient (Wildman–Crippen LogP) is 1.95. The standard InChI is InChI=1S/C18H28N2O3S/c1-18(2,20-9-11-23-12-10-20)14-19-24(21,22)17-8-7-15-5-3-4-6-16(15)13-17/h7-8,13,19H,3-6,9-12,14H2,1-2H3. The smallest absolute Gasteiger partial charge is 0.240 e. The van der Waals surface area contributed by atoms with Crippen molar-refractivity contribution < 1.29 is 13.2 Å². The highest BCUT2D eigenvalue weighted by Crippen LogP contribution is 2.24. The molecule has 0 amide bonds. The molecule has 1 fully saturated rings.